The number of furan rings is 5. The Bertz CT molecular complexity index is 7990. The van der Waals surface area contributed by atoms with Crippen molar-refractivity contribution in [2.75, 3.05) is 0 Å². The molecule has 10 heterocycles. The zero-order valence-electron chi connectivity index (χ0n) is 84.6. The maximum absolute atomic E-state index is 8.00. The lowest BCUT2D eigenvalue weighted by Crippen LogP contribution is -2.32. The SMILES string of the molecule is Cc1cc(C)c2c(oc3ccccc32)c1-c1cc(C(C)C)cc[n+]1C.[2H]C([2H])([2H])C(C)(C)c1cc[n+](C)c(-c2c(C)ccc3c2oc2ccccc23)c1.[2H]C([2H])([2H])c1c[n+](C)c(-c2c(C)ccc3c2oc2ccccc23)cc1C.[2H]C([2H])([2H])c1ccc(-c2c(C)cc(C([2H])([2H])[2H])c3c2oc2ccccc23)[n+](C)c1.[2H]C([2H])([2H])c1ccc(-c2c(C)ccc3c2oc2ccccc23)[n+](C)c1. The molecule has 0 aliphatic rings. The summed E-state index contributed by atoms with van der Waals surface area (Å²) in [6, 6.07) is 73.3. The van der Waals surface area contributed by atoms with Crippen LogP contribution in [0.2, 0.25) is 0 Å². The van der Waals surface area contributed by atoms with Crippen LogP contribution in [0.25, 0.3) is 166 Å². The smallest absolute Gasteiger partial charge is 0.216 e. The Kier molecular flexibility index (Phi) is 16.6. The fourth-order valence-corrected chi connectivity index (χ4v) is 16.7. The number of fused-ring (bicyclic) bond motifs is 15. The van der Waals surface area contributed by atoms with Crippen LogP contribution < -0.4 is 22.8 Å². The van der Waals surface area contributed by atoms with E-state index in [4.69, 9.17) is 42.6 Å². The third-order valence-electron chi connectivity index (χ3n) is 22.9. The van der Waals surface area contributed by atoms with Crippen LogP contribution in [0.15, 0.2) is 278 Å². The van der Waals surface area contributed by atoms with Crippen LogP contribution in [-0.4, -0.2) is 0 Å². The maximum Gasteiger partial charge on any atom is 0.216 e. The number of rotatable bonds is 6. The first kappa shape index (κ1) is 62.3. The van der Waals surface area contributed by atoms with Gasteiger partial charge in [-0.3, -0.25) is 0 Å². The average Bonchev–Trinajstić information content (AvgIpc) is 1.60. The van der Waals surface area contributed by atoms with Crippen molar-refractivity contribution >= 4 is 110 Å². The molecule has 10 aromatic heterocycles. The van der Waals surface area contributed by atoms with E-state index in [0.29, 0.717) is 33.6 Å². The molecule has 20 rings (SSSR count). The molecule has 0 amide bonds. The van der Waals surface area contributed by atoms with E-state index in [1.165, 1.54) is 38.7 Å². The summed E-state index contributed by atoms with van der Waals surface area (Å²) in [4.78, 5) is 0. The number of hydrogen-bond acceptors (Lipinski definition) is 5. The van der Waals surface area contributed by atoms with Gasteiger partial charge in [0.15, 0.2) is 31.0 Å². The minimum atomic E-state index is -2.29. The fraction of sp³-hybridized carbons (Fsp3) is 0.213. The van der Waals surface area contributed by atoms with E-state index in [0.717, 1.165) is 161 Å². The van der Waals surface area contributed by atoms with Gasteiger partial charge >= 0.3 is 0 Å². The number of pyridine rings is 5. The minimum absolute atomic E-state index is 0.237. The van der Waals surface area contributed by atoms with Crippen molar-refractivity contribution in [2.24, 2.45) is 35.2 Å². The Morgan fingerprint density at radius 2 is 0.653 bits per heavy atom. The summed E-state index contributed by atoms with van der Waals surface area (Å²) in [6.45, 7) is 11.4. The minimum Gasteiger partial charge on any atom is -0.455 e. The van der Waals surface area contributed by atoms with Gasteiger partial charge in [0, 0.05) is 134 Å². The predicted octanol–water partition coefficient (Wildman–Crippen LogP) is 26.2. The molecule has 20 aromatic rings. The van der Waals surface area contributed by atoms with Gasteiger partial charge in [-0.15, -0.1) is 0 Å². The topological polar surface area (TPSA) is 85.1 Å². The number of para-hydroxylation sites is 5. The molecular weight excluding hydrogens is 1450 g/mol. The van der Waals surface area contributed by atoms with E-state index in [1.807, 2.05) is 171 Å². The molecule has 10 heteroatoms. The van der Waals surface area contributed by atoms with Crippen LogP contribution in [0.4, 0.5) is 0 Å². The monoisotopic (exact) mass is 1570 g/mol. The lowest BCUT2D eigenvalue weighted by molar-refractivity contribution is -0.660. The van der Waals surface area contributed by atoms with Gasteiger partial charge in [-0.05, 0) is 185 Å². The zero-order valence-corrected chi connectivity index (χ0v) is 69.6. The van der Waals surface area contributed by atoms with Crippen molar-refractivity contribution in [1.82, 2.24) is 0 Å². The zero-order chi connectivity index (χ0) is 95.5. The molecule has 0 fully saturated rings. The standard InChI is InChI=1S/2C23H24NO.2C21H20NO.C20H18NO/c1-14(2)17-10-11-24(5)19(13-17)22-16(4)12-15(3)21-18-8-6-7-9-20(18)25-23(21)22;1-15-10-11-18-17-8-6-7-9-20(17)25-22(18)21(15)19-14-16(23(2,3)4)12-13-24(19)5;1-13-9-10-17-16-7-5-6-8-19(16)23-21(17)20(13)18-11-14(2)15(3)12-22(18)4;1-13-9-10-17(22(4)12-13)20-15(3)11-14(2)19-16-7-5-6-8-18(16)23-21(19)20;1-13-8-11-17(21(3)12-13)19-14(2)9-10-16-15-6-4-5-7-18(15)22-20(16)19/h2*6-14H,1-5H3;2*5-12H,1-4H3;4-12H,1-3H3/q5*+1/i;2D3;3D3;1D3,2D3;1D3. The van der Waals surface area contributed by atoms with Crippen molar-refractivity contribution in [3.05, 3.63) is 328 Å². The Labute approximate surface area is 712 Å². The molecule has 588 valence electrons. The second-order valence-electron chi connectivity index (χ2n) is 32.1. The highest BCUT2D eigenvalue weighted by molar-refractivity contribution is 6.15. The molecule has 0 N–H and O–H groups in total. The van der Waals surface area contributed by atoms with Gasteiger partial charge < -0.3 is 22.1 Å². The van der Waals surface area contributed by atoms with Gasteiger partial charge in [-0.25, -0.2) is 22.8 Å². The van der Waals surface area contributed by atoms with E-state index in [1.54, 1.807) is 68.3 Å². The summed E-state index contributed by atoms with van der Waals surface area (Å²) in [7, 11) is 9.60. The molecule has 0 atom stereocenters. The summed E-state index contributed by atoms with van der Waals surface area (Å²) in [5.41, 5.74) is 27.5. The van der Waals surface area contributed by atoms with Crippen molar-refractivity contribution in [1.29, 1.82) is 0 Å². The van der Waals surface area contributed by atoms with Crippen LogP contribution in [0.5, 0.6) is 0 Å². The molecule has 0 saturated heterocycles. The van der Waals surface area contributed by atoms with E-state index in [9.17, 15) is 0 Å². The number of aryl methyl sites for hydroxylation is 16. The summed E-state index contributed by atoms with van der Waals surface area (Å²) in [5.74, 6) is 0.497. The van der Waals surface area contributed by atoms with E-state index < -0.39 is 39.7 Å². The van der Waals surface area contributed by atoms with Gasteiger partial charge in [0.2, 0.25) is 28.5 Å². The molecule has 0 aliphatic heterocycles. The van der Waals surface area contributed by atoms with Crippen molar-refractivity contribution in [3.63, 3.8) is 0 Å². The maximum atomic E-state index is 8.00. The van der Waals surface area contributed by atoms with E-state index >= 15 is 0 Å². The van der Waals surface area contributed by atoms with Gasteiger partial charge in [0.25, 0.3) is 0 Å². The summed E-state index contributed by atoms with van der Waals surface area (Å²) >= 11 is 0. The number of nitrogens with zero attached hydrogens (tertiary/aromatic N) is 5. The first-order valence-corrected chi connectivity index (χ1v) is 39.8. The third kappa shape index (κ3) is 14.6. The first-order valence-electron chi connectivity index (χ1n) is 47.3. The normalized spacial score (nSPS) is 14.1. The molecule has 10 nitrogen and oxygen atoms in total. The van der Waals surface area contributed by atoms with Crippen LogP contribution in [0.3, 0.4) is 0 Å². The van der Waals surface area contributed by atoms with Crippen LogP contribution in [-0.2, 0) is 40.7 Å². The fourth-order valence-electron chi connectivity index (χ4n) is 16.7. The van der Waals surface area contributed by atoms with Crippen molar-refractivity contribution in [2.45, 2.75) is 122 Å². The summed E-state index contributed by atoms with van der Waals surface area (Å²) in [5, 5.41) is 10.2. The molecule has 0 radical (unpaired) electrons. The highest BCUT2D eigenvalue weighted by Gasteiger charge is 2.29. The van der Waals surface area contributed by atoms with Crippen LogP contribution in [0, 0.1) is 75.9 Å². The second-order valence-corrected chi connectivity index (χ2v) is 32.1. The number of aromatic nitrogens is 5. The lowest BCUT2D eigenvalue weighted by Gasteiger charge is -2.19. The summed E-state index contributed by atoms with van der Waals surface area (Å²) < 4.78 is 157. The van der Waals surface area contributed by atoms with Gasteiger partial charge in [-0.2, -0.15) is 0 Å². The average molecular weight is 1570 g/mol. The lowest BCUT2D eigenvalue weighted by atomic mass is 9.86. The molecular formula is C108H106N5O5+5. The molecule has 0 unspecified atom stereocenters. The van der Waals surface area contributed by atoms with Gasteiger partial charge in [0.05, 0.1) is 27.8 Å². The molecule has 0 saturated carbocycles. The largest absolute Gasteiger partial charge is 0.455 e. The second kappa shape index (κ2) is 31.5. The predicted molar refractivity (Wildman–Crippen MR) is 487 cm³/mol. The number of benzene rings is 10. The molecule has 0 bridgehead atoms. The molecule has 10 aromatic carbocycles. The van der Waals surface area contributed by atoms with Crippen LogP contribution >= 0.6 is 0 Å². The highest BCUT2D eigenvalue weighted by Crippen LogP contribution is 2.44. The Hall–Kier alpha value is -13.1. The van der Waals surface area contributed by atoms with Crippen molar-refractivity contribution < 1.29 is 65.5 Å². The van der Waals surface area contributed by atoms with Crippen molar-refractivity contribution in [3.8, 4) is 56.3 Å². The molecule has 0 aliphatic carbocycles. The van der Waals surface area contributed by atoms with Gasteiger partial charge in [0.1, 0.15) is 91.1 Å². The molecule has 0 spiro atoms. The Morgan fingerprint density at radius 3 is 1.08 bits per heavy atom. The summed E-state index contributed by atoms with van der Waals surface area (Å²) in [6.07, 6.45) is 9.04. The van der Waals surface area contributed by atoms with Gasteiger partial charge in [-0.1, -0.05) is 174 Å². The highest BCUT2D eigenvalue weighted by atomic mass is 16.3. The third-order valence-corrected chi connectivity index (χ3v) is 22.9. The Balaban J connectivity index is 0.000000121. The number of hydrogen-bond donors (Lipinski definition) is 0. The van der Waals surface area contributed by atoms with E-state index in [-0.39, 0.29) is 11.1 Å². The Morgan fingerprint density at radius 1 is 0.288 bits per heavy atom. The quantitative estimate of drug-likeness (QED) is 0.155. The molecule has 118 heavy (non-hydrogen) atoms. The van der Waals surface area contributed by atoms with E-state index in [2.05, 4.69) is 150 Å². The van der Waals surface area contributed by atoms with Crippen LogP contribution in [0.1, 0.15) is 133 Å². The first-order chi connectivity index (χ1) is 62.7.